The van der Waals surface area contributed by atoms with Gasteiger partial charge >= 0.3 is 12.2 Å². The van der Waals surface area contributed by atoms with Crippen LogP contribution in [0.25, 0.3) is 33.6 Å². The number of aromatic nitrogens is 4. The first-order valence-corrected chi connectivity index (χ1v) is 20.5. The zero-order valence-corrected chi connectivity index (χ0v) is 34.5. The third kappa shape index (κ3) is 8.99. The second-order valence-corrected chi connectivity index (χ2v) is 16.0. The summed E-state index contributed by atoms with van der Waals surface area (Å²) < 4.78 is 30.7. The number of carbonyl (C=O) groups is 4. The molecule has 2 fully saturated rings. The summed E-state index contributed by atoms with van der Waals surface area (Å²) in [4.78, 5) is 70.9. The van der Waals surface area contributed by atoms with Crippen molar-refractivity contribution in [3.05, 3.63) is 72.3 Å². The van der Waals surface area contributed by atoms with E-state index >= 15 is 4.39 Å². The maximum Gasteiger partial charge on any atom is 0.407 e. The number of aromatic amines is 2. The van der Waals surface area contributed by atoms with Gasteiger partial charge in [-0.3, -0.25) is 9.59 Å². The average Bonchev–Trinajstić information content (AvgIpc) is 4.07. The summed E-state index contributed by atoms with van der Waals surface area (Å²) in [6, 6.07) is 10.1. The highest BCUT2D eigenvalue weighted by Crippen LogP contribution is 2.38. The van der Waals surface area contributed by atoms with Crippen LogP contribution in [-0.2, 0) is 23.8 Å². The third-order valence-electron chi connectivity index (χ3n) is 11.0. The monoisotopic (exact) mass is 818 g/mol. The topological polar surface area (TPSA) is 184 Å². The molecular formula is C41H51FN8O7S. The third-order valence-corrected chi connectivity index (χ3v) is 12.0. The molecule has 0 unspecified atom stereocenters. The summed E-state index contributed by atoms with van der Waals surface area (Å²) in [6.07, 6.45) is 5.54. The van der Waals surface area contributed by atoms with E-state index in [2.05, 4.69) is 30.6 Å². The van der Waals surface area contributed by atoms with Crippen LogP contribution in [-0.4, -0.2) is 118 Å². The molecule has 15 nitrogen and oxygen atoms in total. The molecule has 6 rings (SSSR count). The molecule has 6 atom stereocenters. The van der Waals surface area contributed by atoms with Crippen molar-refractivity contribution in [2.75, 3.05) is 40.7 Å². The lowest BCUT2D eigenvalue weighted by atomic mass is 10.0. The number of hydrogen-bond donors (Lipinski definition) is 4. The van der Waals surface area contributed by atoms with Gasteiger partial charge in [0.05, 0.1) is 56.2 Å². The second-order valence-electron chi connectivity index (χ2n) is 14.8. The van der Waals surface area contributed by atoms with Gasteiger partial charge in [-0.15, -0.1) is 0 Å². The van der Waals surface area contributed by atoms with E-state index in [1.54, 1.807) is 46.9 Å². The molecule has 58 heavy (non-hydrogen) atoms. The average molecular weight is 819 g/mol. The van der Waals surface area contributed by atoms with E-state index < -0.39 is 42.2 Å². The predicted molar refractivity (Wildman–Crippen MR) is 217 cm³/mol. The summed E-state index contributed by atoms with van der Waals surface area (Å²) in [5.74, 6) is 0.176. The van der Waals surface area contributed by atoms with Crippen molar-refractivity contribution in [2.24, 2.45) is 5.92 Å². The van der Waals surface area contributed by atoms with Crippen molar-refractivity contribution >= 4 is 35.8 Å². The van der Waals surface area contributed by atoms with Crippen LogP contribution in [0.15, 0.2) is 54.9 Å². The molecule has 4 aromatic rings. The Labute approximate surface area is 341 Å². The van der Waals surface area contributed by atoms with Crippen LogP contribution in [0.1, 0.15) is 63.8 Å². The van der Waals surface area contributed by atoms with Crippen molar-refractivity contribution < 1.29 is 37.8 Å². The van der Waals surface area contributed by atoms with Crippen molar-refractivity contribution in [2.45, 2.75) is 75.6 Å². The number of methoxy groups -OCH3 is 3. The number of amides is 4. The predicted octanol–water partition coefficient (Wildman–Crippen LogP) is 6.08. The second kappa shape index (κ2) is 18.4. The van der Waals surface area contributed by atoms with Crippen LogP contribution < -0.4 is 10.6 Å². The van der Waals surface area contributed by atoms with Gasteiger partial charge in [-0.05, 0) is 55.6 Å². The van der Waals surface area contributed by atoms with Crippen molar-refractivity contribution in [1.82, 2.24) is 40.4 Å². The fraction of sp³-hybridized carbons (Fsp3) is 0.463. The molecule has 4 heterocycles. The largest absolute Gasteiger partial charge is 0.453 e. The van der Waals surface area contributed by atoms with E-state index in [-0.39, 0.29) is 29.0 Å². The standard InChI is InChI=1S/C41H51FN8O7S/c1-22(2)34(47-40(53)56-5)38(51)49-16-8-9-32(49)36-43-19-30(45-36)25-12-10-24(11-13-25)28-15-14-26(17-29(28)42)31-20-44-37(46-31)33-18-27(58-7)21-50(33)39(52)35(23(3)55-4)48-41(54)57-6/h10-15,17,19-20,22-23,27,32-35H,8-9,16,18,21H2,1-7H3,(H,43,45)(H,44,46)(H,47,53)(H,48,54)/t23-,27+,32+,33+,34+,35+/m1/s1. The number of halogens is 1. The fourth-order valence-electron chi connectivity index (χ4n) is 7.60. The molecule has 2 aliphatic rings. The van der Waals surface area contributed by atoms with Gasteiger partial charge in [-0.25, -0.2) is 23.9 Å². The van der Waals surface area contributed by atoms with Crippen molar-refractivity contribution in [1.29, 1.82) is 0 Å². The first-order valence-electron chi connectivity index (χ1n) is 19.2. The van der Waals surface area contributed by atoms with Gasteiger partial charge in [-0.2, -0.15) is 11.8 Å². The highest BCUT2D eigenvalue weighted by Gasteiger charge is 2.42. The van der Waals surface area contributed by atoms with Crippen LogP contribution in [0, 0.1) is 11.7 Å². The van der Waals surface area contributed by atoms with Crippen LogP contribution in [0.3, 0.4) is 0 Å². The van der Waals surface area contributed by atoms with E-state index in [0.29, 0.717) is 53.5 Å². The van der Waals surface area contributed by atoms with Gasteiger partial charge < -0.3 is 44.6 Å². The molecule has 0 aliphatic carbocycles. The number of alkyl carbamates (subject to hydrolysis) is 2. The smallest absolute Gasteiger partial charge is 0.407 e. The molecule has 0 bridgehead atoms. The lowest BCUT2D eigenvalue weighted by Crippen LogP contribution is -2.54. The molecule has 0 spiro atoms. The molecule has 2 aromatic heterocycles. The molecule has 4 amide bonds. The maximum absolute atomic E-state index is 15.8. The van der Waals surface area contributed by atoms with Gasteiger partial charge in [-0.1, -0.05) is 50.2 Å². The van der Waals surface area contributed by atoms with Gasteiger partial charge in [0.25, 0.3) is 0 Å². The Kier molecular flexibility index (Phi) is 13.4. The number of H-pyrrole nitrogens is 2. The number of imidazole rings is 2. The minimum absolute atomic E-state index is 0.137. The van der Waals surface area contributed by atoms with E-state index in [4.69, 9.17) is 14.2 Å². The normalized spacial score (nSPS) is 19.5. The summed E-state index contributed by atoms with van der Waals surface area (Å²) in [6.45, 7) is 6.46. The lowest BCUT2D eigenvalue weighted by Gasteiger charge is -2.30. The Balaban J connectivity index is 1.15. The molecular weight excluding hydrogens is 768 g/mol. The zero-order valence-electron chi connectivity index (χ0n) is 33.7. The highest BCUT2D eigenvalue weighted by atomic mass is 32.2. The Morgan fingerprint density at radius 2 is 1.38 bits per heavy atom. The number of benzene rings is 2. The Morgan fingerprint density at radius 3 is 1.97 bits per heavy atom. The van der Waals surface area contributed by atoms with E-state index in [0.717, 1.165) is 24.1 Å². The van der Waals surface area contributed by atoms with Gasteiger partial charge in [0.2, 0.25) is 11.8 Å². The van der Waals surface area contributed by atoms with Crippen molar-refractivity contribution in [3.63, 3.8) is 0 Å². The zero-order chi connectivity index (χ0) is 41.7. The van der Waals surface area contributed by atoms with Gasteiger partial charge in [0, 0.05) is 36.6 Å². The van der Waals surface area contributed by atoms with Crippen LogP contribution >= 0.6 is 11.8 Å². The molecule has 4 N–H and O–H groups in total. The summed E-state index contributed by atoms with van der Waals surface area (Å²) in [7, 11) is 3.98. The number of likely N-dealkylation sites (tertiary alicyclic amines) is 2. The van der Waals surface area contributed by atoms with E-state index in [1.807, 2.05) is 50.4 Å². The Morgan fingerprint density at radius 1 is 0.810 bits per heavy atom. The molecule has 17 heteroatoms. The fourth-order valence-corrected chi connectivity index (χ4v) is 8.28. The van der Waals surface area contributed by atoms with Crippen LogP contribution in [0.5, 0.6) is 0 Å². The number of nitrogens with one attached hydrogen (secondary N) is 4. The number of hydrogen-bond acceptors (Lipinski definition) is 10. The van der Waals surface area contributed by atoms with Gasteiger partial charge in [0.1, 0.15) is 29.5 Å². The number of ether oxygens (including phenoxy) is 3. The molecule has 310 valence electrons. The highest BCUT2D eigenvalue weighted by molar-refractivity contribution is 7.99. The SMILES string of the molecule is COC(=O)N[C@H](C(=O)N1CCC[C@H]1c1ncc(-c2ccc(-c3ccc(-c4cnc([C@@H]5C[C@H](SC)CN5C(=O)[C@@H](NC(=O)OC)[C@@H](C)OC)[nH]4)cc3F)cc2)[nH]1)C(C)C. The first kappa shape index (κ1) is 42.2. The number of rotatable bonds is 13. The molecule has 0 radical (unpaired) electrons. The maximum atomic E-state index is 15.8. The number of nitrogens with zero attached hydrogens (tertiary/aromatic N) is 4. The van der Waals surface area contributed by atoms with Crippen LogP contribution in [0.4, 0.5) is 14.0 Å². The van der Waals surface area contributed by atoms with Crippen LogP contribution in [0.2, 0.25) is 0 Å². The minimum atomic E-state index is -0.968. The quantitative estimate of drug-likeness (QED) is 0.123. The molecule has 0 saturated carbocycles. The van der Waals surface area contributed by atoms with Crippen molar-refractivity contribution in [3.8, 4) is 33.6 Å². The summed E-state index contributed by atoms with van der Waals surface area (Å²) in [5, 5.41) is 5.42. The molecule has 2 aliphatic heterocycles. The molecule has 2 aromatic carbocycles. The summed E-state index contributed by atoms with van der Waals surface area (Å²) in [5.41, 5.74) is 3.91. The number of thioether (sulfide) groups is 1. The minimum Gasteiger partial charge on any atom is -0.453 e. The number of carbonyl (C=O) groups excluding carboxylic acids is 4. The Bertz CT molecular complexity index is 2090. The van der Waals surface area contributed by atoms with E-state index in [9.17, 15) is 19.2 Å². The Hall–Kier alpha value is -5.42. The molecule has 2 saturated heterocycles. The first-order chi connectivity index (χ1) is 27.9. The van der Waals surface area contributed by atoms with Gasteiger partial charge in [0.15, 0.2) is 0 Å². The van der Waals surface area contributed by atoms with E-state index in [1.165, 1.54) is 27.4 Å². The summed E-state index contributed by atoms with van der Waals surface area (Å²) >= 11 is 1.65. The lowest BCUT2D eigenvalue weighted by molar-refractivity contribution is -0.137.